The maximum atomic E-state index is 11.6. The van der Waals surface area contributed by atoms with Gasteiger partial charge in [0, 0.05) is 13.0 Å². The summed E-state index contributed by atoms with van der Waals surface area (Å²) in [7, 11) is 0. The molecule has 1 amide bonds. The minimum Gasteiger partial charge on any atom is -0.444 e. The van der Waals surface area contributed by atoms with Crippen LogP contribution in [0.15, 0.2) is 0 Å². The van der Waals surface area contributed by atoms with Gasteiger partial charge in [-0.15, -0.1) is 0 Å². The van der Waals surface area contributed by atoms with Gasteiger partial charge in [0.25, 0.3) is 0 Å². The van der Waals surface area contributed by atoms with Crippen molar-refractivity contribution in [3.63, 3.8) is 0 Å². The zero-order valence-electron chi connectivity index (χ0n) is 10.1. The second-order valence-corrected chi connectivity index (χ2v) is 4.95. The molecule has 1 atom stereocenters. The normalized spacial score (nSPS) is 22.4. The van der Waals surface area contributed by atoms with E-state index in [0.717, 1.165) is 6.54 Å². The van der Waals surface area contributed by atoms with Crippen LogP contribution in [0.1, 0.15) is 33.6 Å². The van der Waals surface area contributed by atoms with Crippen LogP contribution in [-0.2, 0) is 9.53 Å². The lowest BCUT2D eigenvalue weighted by Gasteiger charge is -2.22. The Morgan fingerprint density at radius 1 is 1.44 bits per heavy atom. The highest BCUT2D eigenvalue weighted by Crippen LogP contribution is 2.08. The Hall–Kier alpha value is -1.10. The number of rotatable bonds is 1. The Kier molecular flexibility index (Phi) is 4.29. The molecule has 0 bridgehead atoms. The monoisotopic (exact) mass is 228 g/mol. The minimum absolute atomic E-state index is 0.0656. The van der Waals surface area contributed by atoms with E-state index in [2.05, 4.69) is 10.6 Å². The van der Waals surface area contributed by atoms with Crippen molar-refractivity contribution in [3.8, 4) is 0 Å². The van der Waals surface area contributed by atoms with E-state index in [1.165, 1.54) is 0 Å². The maximum Gasteiger partial charge on any atom is 0.408 e. The molecule has 0 aromatic carbocycles. The zero-order chi connectivity index (χ0) is 12.2. The van der Waals surface area contributed by atoms with Crippen LogP contribution in [0.5, 0.6) is 0 Å². The molecule has 5 heteroatoms. The molecular weight excluding hydrogens is 208 g/mol. The molecule has 0 aliphatic carbocycles. The van der Waals surface area contributed by atoms with Crippen molar-refractivity contribution in [1.82, 2.24) is 10.6 Å². The first-order valence-corrected chi connectivity index (χ1v) is 5.61. The van der Waals surface area contributed by atoms with E-state index < -0.39 is 17.7 Å². The molecule has 2 N–H and O–H groups in total. The molecule has 0 unspecified atom stereocenters. The number of Topliss-reactive ketones (excluding diaryl/α,β-unsaturated/α-hetero) is 1. The van der Waals surface area contributed by atoms with Gasteiger partial charge in [0.1, 0.15) is 5.60 Å². The summed E-state index contributed by atoms with van der Waals surface area (Å²) in [6.07, 6.45) is 0.561. The Morgan fingerprint density at radius 2 is 2.12 bits per heavy atom. The predicted octanol–water partition coefficient (Wildman–Crippen LogP) is 0.832. The van der Waals surface area contributed by atoms with Crippen LogP contribution in [0.4, 0.5) is 4.79 Å². The number of hydrogen-bond acceptors (Lipinski definition) is 4. The predicted molar refractivity (Wildman–Crippen MR) is 60.3 cm³/mol. The van der Waals surface area contributed by atoms with Gasteiger partial charge in [0.05, 0.1) is 6.04 Å². The molecule has 1 heterocycles. The number of carbonyl (C=O) groups is 2. The minimum atomic E-state index is -0.532. The third-order valence-corrected chi connectivity index (χ3v) is 2.24. The van der Waals surface area contributed by atoms with Crippen molar-refractivity contribution in [3.05, 3.63) is 0 Å². The van der Waals surface area contributed by atoms with E-state index in [4.69, 9.17) is 4.74 Å². The molecular formula is C11H20N2O3. The molecule has 5 nitrogen and oxygen atoms in total. The molecule has 1 aliphatic rings. The van der Waals surface area contributed by atoms with E-state index in [1.807, 2.05) is 0 Å². The number of carbonyl (C=O) groups excluding carboxylic acids is 2. The van der Waals surface area contributed by atoms with Crippen molar-refractivity contribution in [2.75, 3.05) is 13.1 Å². The first kappa shape index (κ1) is 13.0. The van der Waals surface area contributed by atoms with Crippen molar-refractivity contribution in [1.29, 1.82) is 0 Å². The summed E-state index contributed by atoms with van der Waals surface area (Å²) < 4.78 is 5.11. The SMILES string of the molecule is CC(C)(C)OC(=O)N[C@H]1CCNCCC1=O. The third-order valence-electron chi connectivity index (χ3n) is 2.24. The number of amides is 1. The average Bonchev–Trinajstić information content (AvgIpc) is 2.29. The second-order valence-electron chi connectivity index (χ2n) is 4.95. The number of alkyl carbamates (subject to hydrolysis) is 1. The summed E-state index contributed by atoms with van der Waals surface area (Å²) >= 11 is 0. The summed E-state index contributed by atoms with van der Waals surface area (Å²) in [6, 6.07) is -0.412. The summed E-state index contributed by atoms with van der Waals surface area (Å²) in [4.78, 5) is 23.1. The van der Waals surface area contributed by atoms with Crippen LogP contribution in [0, 0.1) is 0 Å². The van der Waals surface area contributed by atoms with Crippen LogP contribution in [0.3, 0.4) is 0 Å². The van der Waals surface area contributed by atoms with Gasteiger partial charge >= 0.3 is 6.09 Å². The zero-order valence-corrected chi connectivity index (χ0v) is 10.1. The summed E-state index contributed by atoms with van der Waals surface area (Å²) in [5.74, 6) is 0.0656. The summed E-state index contributed by atoms with van der Waals surface area (Å²) in [6.45, 7) is 6.81. The highest BCUT2D eigenvalue weighted by molar-refractivity contribution is 5.87. The van der Waals surface area contributed by atoms with Gasteiger partial charge in [-0.05, 0) is 33.7 Å². The van der Waals surface area contributed by atoms with E-state index in [1.54, 1.807) is 20.8 Å². The third kappa shape index (κ3) is 4.61. The molecule has 1 fully saturated rings. The first-order valence-electron chi connectivity index (χ1n) is 5.61. The molecule has 1 rings (SSSR count). The topological polar surface area (TPSA) is 67.4 Å². The number of ketones is 1. The molecule has 1 aliphatic heterocycles. The molecule has 16 heavy (non-hydrogen) atoms. The van der Waals surface area contributed by atoms with Crippen LogP contribution in [0.2, 0.25) is 0 Å². The van der Waals surface area contributed by atoms with Crippen LogP contribution in [-0.4, -0.2) is 36.6 Å². The van der Waals surface area contributed by atoms with E-state index in [9.17, 15) is 9.59 Å². The van der Waals surface area contributed by atoms with Crippen molar-refractivity contribution < 1.29 is 14.3 Å². The Morgan fingerprint density at radius 3 is 2.75 bits per heavy atom. The molecule has 1 saturated heterocycles. The highest BCUT2D eigenvalue weighted by atomic mass is 16.6. The quantitative estimate of drug-likeness (QED) is 0.697. The van der Waals surface area contributed by atoms with Crippen LogP contribution in [0.25, 0.3) is 0 Å². The lowest BCUT2D eigenvalue weighted by atomic mass is 10.1. The summed E-state index contributed by atoms with van der Waals surface area (Å²) in [5, 5.41) is 5.73. The van der Waals surface area contributed by atoms with Crippen LogP contribution < -0.4 is 10.6 Å². The van der Waals surface area contributed by atoms with Crippen LogP contribution >= 0.6 is 0 Å². The number of nitrogens with one attached hydrogen (secondary N) is 2. The van der Waals surface area contributed by atoms with Gasteiger partial charge in [0.15, 0.2) is 5.78 Å². The molecule has 0 spiro atoms. The molecule has 0 saturated carbocycles. The second kappa shape index (κ2) is 5.30. The smallest absolute Gasteiger partial charge is 0.408 e. The number of ether oxygens (including phenoxy) is 1. The Balaban J connectivity index is 2.45. The first-order chi connectivity index (χ1) is 7.38. The maximum absolute atomic E-state index is 11.6. The lowest BCUT2D eigenvalue weighted by molar-refractivity contribution is -0.120. The Labute approximate surface area is 95.9 Å². The van der Waals surface area contributed by atoms with E-state index >= 15 is 0 Å². The fraction of sp³-hybridized carbons (Fsp3) is 0.818. The van der Waals surface area contributed by atoms with E-state index in [0.29, 0.717) is 19.4 Å². The summed E-state index contributed by atoms with van der Waals surface area (Å²) in [5.41, 5.74) is -0.532. The fourth-order valence-electron chi connectivity index (χ4n) is 1.52. The van der Waals surface area contributed by atoms with Crippen molar-refractivity contribution in [2.45, 2.75) is 45.3 Å². The van der Waals surface area contributed by atoms with Crippen molar-refractivity contribution >= 4 is 11.9 Å². The highest BCUT2D eigenvalue weighted by Gasteiger charge is 2.24. The number of hydrogen-bond donors (Lipinski definition) is 2. The van der Waals surface area contributed by atoms with Gasteiger partial charge in [0.2, 0.25) is 0 Å². The lowest BCUT2D eigenvalue weighted by Crippen LogP contribution is -2.43. The van der Waals surface area contributed by atoms with E-state index in [-0.39, 0.29) is 5.78 Å². The molecule has 0 aromatic rings. The van der Waals surface area contributed by atoms with Gasteiger partial charge in [-0.1, -0.05) is 0 Å². The van der Waals surface area contributed by atoms with Gasteiger partial charge in [-0.3, -0.25) is 4.79 Å². The molecule has 0 aromatic heterocycles. The van der Waals surface area contributed by atoms with Gasteiger partial charge < -0.3 is 15.4 Å². The van der Waals surface area contributed by atoms with Crippen molar-refractivity contribution in [2.24, 2.45) is 0 Å². The molecule has 0 radical (unpaired) electrons. The van der Waals surface area contributed by atoms with Gasteiger partial charge in [-0.25, -0.2) is 4.79 Å². The standard InChI is InChI=1S/C11H20N2O3/c1-11(2,3)16-10(15)13-8-4-6-12-7-5-9(8)14/h8,12H,4-7H2,1-3H3,(H,13,15)/t8-/m0/s1. The Bertz CT molecular complexity index is 271. The van der Waals surface area contributed by atoms with Gasteiger partial charge in [-0.2, -0.15) is 0 Å². The largest absolute Gasteiger partial charge is 0.444 e. The average molecular weight is 228 g/mol. The molecule has 92 valence electrons. The fourth-order valence-corrected chi connectivity index (χ4v) is 1.52.